The van der Waals surface area contributed by atoms with Crippen molar-refractivity contribution in [3.63, 3.8) is 0 Å². The molecule has 1 heterocycles. The molecule has 0 radical (unpaired) electrons. The average molecular weight is 191 g/mol. The number of ketones is 2. The highest BCUT2D eigenvalue weighted by molar-refractivity contribution is 5.99. The Morgan fingerprint density at radius 3 is 2.43 bits per heavy atom. The summed E-state index contributed by atoms with van der Waals surface area (Å²) in [6, 6.07) is 3.33. The van der Waals surface area contributed by atoms with Crippen molar-refractivity contribution in [3.05, 3.63) is 30.1 Å². The molecule has 1 unspecified atom stereocenters. The van der Waals surface area contributed by atoms with Crippen LogP contribution >= 0.6 is 0 Å². The zero-order valence-electron chi connectivity index (χ0n) is 8.36. The van der Waals surface area contributed by atoms with Crippen LogP contribution in [-0.4, -0.2) is 16.6 Å². The van der Waals surface area contributed by atoms with E-state index in [0.717, 1.165) is 0 Å². The van der Waals surface area contributed by atoms with Gasteiger partial charge in [-0.2, -0.15) is 0 Å². The molecule has 0 saturated carbocycles. The minimum atomic E-state index is -0.241. The Labute approximate surface area is 83.2 Å². The topological polar surface area (TPSA) is 47.0 Å². The number of rotatable bonds is 4. The van der Waals surface area contributed by atoms with E-state index >= 15 is 0 Å². The molecule has 0 aliphatic carbocycles. The fourth-order valence-electron chi connectivity index (χ4n) is 1.32. The first kappa shape index (κ1) is 10.6. The lowest BCUT2D eigenvalue weighted by molar-refractivity contribution is -0.117. The van der Waals surface area contributed by atoms with Crippen molar-refractivity contribution in [2.24, 2.45) is 5.92 Å². The lowest BCUT2D eigenvalue weighted by Gasteiger charge is -2.07. The van der Waals surface area contributed by atoms with Crippen molar-refractivity contribution in [2.45, 2.75) is 20.3 Å². The number of pyridine rings is 1. The third-order valence-electron chi connectivity index (χ3n) is 2.01. The zero-order valence-corrected chi connectivity index (χ0v) is 8.36. The van der Waals surface area contributed by atoms with Crippen LogP contribution in [0.4, 0.5) is 0 Å². The minimum absolute atomic E-state index is 0.00241. The second kappa shape index (κ2) is 4.65. The molecule has 0 N–H and O–H groups in total. The van der Waals surface area contributed by atoms with E-state index in [-0.39, 0.29) is 17.5 Å². The van der Waals surface area contributed by atoms with E-state index in [4.69, 9.17) is 0 Å². The van der Waals surface area contributed by atoms with Gasteiger partial charge in [-0.25, -0.2) is 0 Å². The van der Waals surface area contributed by atoms with Crippen molar-refractivity contribution in [1.29, 1.82) is 0 Å². The molecule has 0 bridgehead atoms. The summed E-state index contributed by atoms with van der Waals surface area (Å²) in [6.45, 7) is 3.26. The maximum Gasteiger partial charge on any atom is 0.166 e. The number of hydrogen-bond acceptors (Lipinski definition) is 3. The fourth-order valence-corrected chi connectivity index (χ4v) is 1.32. The van der Waals surface area contributed by atoms with E-state index in [9.17, 15) is 9.59 Å². The normalized spacial score (nSPS) is 12.1. The first-order valence-electron chi connectivity index (χ1n) is 4.55. The number of aromatic nitrogens is 1. The molecule has 1 rings (SSSR count). The average Bonchev–Trinajstić information content (AvgIpc) is 2.17. The molecular weight excluding hydrogens is 178 g/mol. The van der Waals surface area contributed by atoms with Gasteiger partial charge in [-0.15, -0.1) is 0 Å². The maximum atomic E-state index is 11.7. The first-order chi connectivity index (χ1) is 6.61. The Morgan fingerprint density at radius 2 is 1.93 bits per heavy atom. The van der Waals surface area contributed by atoms with Crippen molar-refractivity contribution in [2.75, 3.05) is 0 Å². The Hall–Kier alpha value is -1.51. The van der Waals surface area contributed by atoms with Gasteiger partial charge in [-0.3, -0.25) is 9.78 Å². The van der Waals surface area contributed by atoms with Gasteiger partial charge in [0.05, 0.1) is 0 Å². The predicted molar refractivity (Wildman–Crippen MR) is 53.0 cm³/mol. The Bertz CT molecular complexity index is 332. The summed E-state index contributed by atoms with van der Waals surface area (Å²) in [5.41, 5.74) is 0.619. The summed E-state index contributed by atoms with van der Waals surface area (Å²) in [5.74, 6) is -0.197. The Morgan fingerprint density at radius 1 is 1.36 bits per heavy atom. The van der Waals surface area contributed by atoms with Crippen LogP contribution in [0.1, 0.15) is 30.6 Å². The fraction of sp³-hybridized carbons (Fsp3) is 0.364. The van der Waals surface area contributed by atoms with E-state index in [1.165, 1.54) is 6.92 Å². The Kier molecular flexibility index (Phi) is 3.51. The highest BCUT2D eigenvalue weighted by Crippen LogP contribution is 2.11. The van der Waals surface area contributed by atoms with Crippen LogP contribution in [0, 0.1) is 5.92 Å². The molecule has 0 aliphatic heterocycles. The second-order valence-corrected chi connectivity index (χ2v) is 3.41. The largest absolute Gasteiger partial charge is 0.300 e. The summed E-state index contributed by atoms with van der Waals surface area (Å²) in [7, 11) is 0. The molecule has 0 aromatic carbocycles. The molecule has 0 aliphatic rings. The van der Waals surface area contributed by atoms with Crippen LogP contribution in [0.15, 0.2) is 24.5 Å². The number of hydrogen-bond donors (Lipinski definition) is 0. The van der Waals surface area contributed by atoms with Gasteiger partial charge in [0, 0.05) is 30.3 Å². The van der Waals surface area contributed by atoms with Crippen molar-refractivity contribution in [1.82, 2.24) is 4.98 Å². The predicted octanol–water partition coefficient (Wildman–Crippen LogP) is 1.88. The highest BCUT2D eigenvalue weighted by atomic mass is 16.1. The SMILES string of the molecule is CC(=O)CC(C)C(=O)c1ccncc1. The molecule has 1 aromatic rings. The molecule has 0 spiro atoms. The van der Waals surface area contributed by atoms with Crippen LogP contribution in [0.5, 0.6) is 0 Å². The first-order valence-corrected chi connectivity index (χ1v) is 4.55. The molecule has 14 heavy (non-hydrogen) atoms. The molecule has 1 atom stereocenters. The molecule has 1 aromatic heterocycles. The standard InChI is InChI=1S/C11H13NO2/c1-8(7-9(2)13)11(14)10-3-5-12-6-4-10/h3-6,8H,7H2,1-2H3. The Balaban J connectivity index is 2.71. The molecule has 3 nitrogen and oxygen atoms in total. The minimum Gasteiger partial charge on any atom is -0.300 e. The van der Waals surface area contributed by atoms with E-state index < -0.39 is 0 Å². The van der Waals surface area contributed by atoms with Gasteiger partial charge in [0.25, 0.3) is 0 Å². The third-order valence-corrected chi connectivity index (χ3v) is 2.01. The summed E-state index contributed by atoms with van der Waals surface area (Å²) in [4.78, 5) is 26.4. The lowest BCUT2D eigenvalue weighted by atomic mass is 9.96. The third kappa shape index (κ3) is 2.76. The van der Waals surface area contributed by atoms with Crippen LogP contribution in [0.2, 0.25) is 0 Å². The molecule has 3 heteroatoms. The van der Waals surface area contributed by atoms with Crippen LogP contribution in [0.25, 0.3) is 0 Å². The molecule has 0 amide bonds. The van der Waals surface area contributed by atoms with Gasteiger partial charge in [-0.05, 0) is 19.1 Å². The monoisotopic (exact) mass is 191 g/mol. The van der Waals surface area contributed by atoms with Gasteiger partial charge in [-0.1, -0.05) is 6.92 Å². The number of nitrogens with zero attached hydrogens (tertiary/aromatic N) is 1. The van der Waals surface area contributed by atoms with Gasteiger partial charge >= 0.3 is 0 Å². The van der Waals surface area contributed by atoms with Crippen molar-refractivity contribution in [3.8, 4) is 0 Å². The van der Waals surface area contributed by atoms with Crippen LogP contribution in [-0.2, 0) is 4.79 Å². The molecule has 0 fully saturated rings. The lowest BCUT2D eigenvalue weighted by Crippen LogP contribution is -2.14. The van der Waals surface area contributed by atoms with E-state index in [0.29, 0.717) is 12.0 Å². The number of Topliss-reactive ketones (excluding diaryl/α,β-unsaturated/α-hetero) is 2. The molecular formula is C11H13NO2. The summed E-state index contributed by atoms with van der Waals surface area (Å²) >= 11 is 0. The molecule has 74 valence electrons. The number of carbonyl (C=O) groups excluding carboxylic acids is 2. The molecule has 0 saturated heterocycles. The second-order valence-electron chi connectivity index (χ2n) is 3.41. The van der Waals surface area contributed by atoms with Gasteiger partial charge in [0.15, 0.2) is 5.78 Å². The van der Waals surface area contributed by atoms with E-state index in [1.54, 1.807) is 31.5 Å². The van der Waals surface area contributed by atoms with Gasteiger partial charge in [0.1, 0.15) is 5.78 Å². The van der Waals surface area contributed by atoms with E-state index in [1.807, 2.05) is 0 Å². The summed E-state index contributed by atoms with van der Waals surface area (Å²) < 4.78 is 0. The highest BCUT2D eigenvalue weighted by Gasteiger charge is 2.16. The van der Waals surface area contributed by atoms with Crippen molar-refractivity contribution >= 4 is 11.6 Å². The maximum absolute atomic E-state index is 11.7. The summed E-state index contributed by atoms with van der Waals surface area (Å²) in [5, 5.41) is 0. The van der Waals surface area contributed by atoms with Gasteiger partial charge in [0.2, 0.25) is 0 Å². The van der Waals surface area contributed by atoms with Crippen LogP contribution < -0.4 is 0 Å². The summed E-state index contributed by atoms with van der Waals surface area (Å²) in [6.07, 6.45) is 3.46. The van der Waals surface area contributed by atoms with Gasteiger partial charge < -0.3 is 4.79 Å². The zero-order chi connectivity index (χ0) is 10.6. The smallest absolute Gasteiger partial charge is 0.166 e. The van der Waals surface area contributed by atoms with E-state index in [2.05, 4.69) is 4.98 Å². The van der Waals surface area contributed by atoms with Crippen LogP contribution in [0.3, 0.4) is 0 Å². The number of carbonyl (C=O) groups is 2. The van der Waals surface area contributed by atoms with Crippen molar-refractivity contribution < 1.29 is 9.59 Å². The quantitative estimate of drug-likeness (QED) is 0.682.